The minimum absolute atomic E-state index is 0.255. The van der Waals surface area contributed by atoms with Crippen molar-refractivity contribution in [2.45, 2.75) is 26.0 Å². The summed E-state index contributed by atoms with van der Waals surface area (Å²) in [6.45, 7) is 3.60. The van der Waals surface area contributed by atoms with E-state index in [1.165, 1.54) is 0 Å². The molecular formula is C25H25NO5. The van der Waals surface area contributed by atoms with Gasteiger partial charge in [-0.1, -0.05) is 36.4 Å². The summed E-state index contributed by atoms with van der Waals surface area (Å²) in [7, 11) is 0. The van der Waals surface area contributed by atoms with Crippen LogP contribution in [0.1, 0.15) is 16.7 Å². The first kappa shape index (κ1) is 20.8. The molecule has 31 heavy (non-hydrogen) atoms. The number of hydrogen-bond acceptors (Lipinski definition) is 5. The van der Waals surface area contributed by atoms with Gasteiger partial charge in [-0.3, -0.25) is 4.79 Å². The fourth-order valence-electron chi connectivity index (χ4n) is 3.63. The second-order valence-electron chi connectivity index (χ2n) is 7.53. The Kier molecular flexibility index (Phi) is 6.09. The van der Waals surface area contributed by atoms with Crippen molar-refractivity contribution in [1.82, 2.24) is 0 Å². The van der Waals surface area contributed by atoms with Gasteiger partial charge in [-0.25, -0.2) is 0 Å². The lowest BCUT2D eigenvalue weighted by atomic mass is 9.96. The molecule has 1 aliphatic heterocycles. The average molecular weight is 419 g/mol. The molecule has 6 nitrogen and oxygen atoms in total. The van der Waals surface area contributed by atoms with Crippen molar-refractivity contribution in [2.24, 2.45) is 5.73 Å². The number of ether oxygens (including phenoxy) is 3. The van der Waals surface area contributed by atoms with Gasteiger partial charge in [0.2, 0.25) is 0 Å². The number of carboxylic acid groups (broad SMARTS) is 1. The number of benzene rings is 3. The molecule has 3 N–H and O–H groups in total. The van der Waals surface area contributed by atoms with Crippen LogP contribution in [-0.4, -0.2) is 30.3 Å². The highest BCUT2D eigenvalue weighted by molar-refractivity contribution is 5.73. The van der Waals surface area contributed by atoms with Crippen LogP contribution in [0.15, 0.2) is 60.7 Å². The fraction of sp³-hybridized carbons (Fsp3) is 0.240. The first-order valence-corrected chi connectivity index (χ1v) is 10.2. The summed E-state index contributed by atoms with van der Waals surface area (Å²) in [4.78, 5) is 11.0. The van der Waals surface area contributed by atoms with Crippen molar-refractivity contribution in [3.05, 3.63) is 77.4 Å². The normalized spacial score (nSPS) is 13.5. The second-order valence-corrected chi connectivity index (χ2v) is 7.53. The van der Waals surface area contributed by atoms with Gasteiger partial charge in [-0.2, -0.15) is 0 Å². The Labute approximate surface area is 181 Å². The predicted octanol–water partition coefficient (Wildman–Crippen LogP) is 3.97. The number of aliphatic carboxylic acids is 1. The zero-order chi connectivity index (χ0) is 21.8. The minimum Gasteiger partial charge on any atom is -0.489 e. The molecule has 0 radical (unpaired) electrons. The van der Waals surface area contributed by atoms with Gasteiger partial charge in [0.15, 0.2) is 11.5 Å². The van der Waals surface area contributed by atoms with E-state index in [9.17, 15) is 4.79 Å². The maximum atomic E-state index is 11.0. The lowest BCUT2D eigenvalue weighted by molar-refractivity contribution is -0.138. The SMILES string of the molecule is Cc1c(COc2cccc(C[C@H](N)C(=O)O)c2)cccc1-c1ccc2c(c1)OCCO2. The number of hydrogen-bond donors (Lipinski definition) is 2. The van der Waals surface area contributed by atoms with E-state index in [0.29, 0.717) is 25.6 Å². The molecule has 3 aromatic carbocycles. The smallest absolute Gasteiger partial charge is 0.320 e. The molecule has 0 saturated heterocycles. The van der Waals surface area contributed by atoms with Gasteiger partial charge >= 0.3 is 5.97 Å². The van der Waals surface area contributed by atoms with Crippen LogP contribution in [0.5, 0.6) is 17.2 Å². The second kappa shape index (κ2) is 9.10. The summed E-state index contributed by atoms with van der Waals surface area (Å²) in [5.41, 5.74) is 10.8. The van der Waals surface area contributed by atoms with Crippen molar-refractivity contribution < 1.29 is 24.1 Å². The number of carboxylic acids is 1. The number of carbonyl (C=O) groups is 1. The van der Waals surface area contributed by atoms with Gasteiger partial charge in [0, 0.05) is 0 Å². The molecule has 1 atom stereocenters. The minimum atomic E-state index is -1.02. The monoisotopic (exact) mass is 419 g/mol. The lowest BCUT2D eigenvalue weighted by Gasteiger charge is -2.20. The lowest BCUT2D eigenvalue weighted by Crippen LogP contribution is -2.32. The van der Waals surface area contributed by atoms with Gasteiger partial charge in [0.25, 0.3) is 0 Å². The van der Waals surface area contributed by atoms with E-state index in [1.807, 2.05) is 54.6 Å². The van der Waals surface area contributed by atoms with E-state index >= 15 is 0 Å². The summed E-state index contributed by atoms with van der Waals surface area (Å²) in [6.07, 6.45) is 0.255. The molecule has 4 rings (SSSR count). The largest absolute Gasteiger partial charge is 0.489 e. The standard InChI is InChI=1S/C25H25NO5/c1-16-19(15-31-20-6-2-4-17(12-20)13-22(26)25(27)28)5-3-7-21(16)18-8-9-23-24(14-18)30-11-10-29-23/h2-9,12,14,22H,10-11,13,15,26H2,1H3,(H,27,28)/t22-/m0/s1. The number of rotatable bonds is 7. The van der Waals surface area contributed by atoms with E-state index < -0.39 is 12.0 Å². The molecule has 160 valence electrons. The maximum Gasteiger partial charge on any atom is 0.320 e. The Bertz CT molecular complexity index is 1100. The summed E-state index contributed by atoms with van der Waals surface area (Å²) in [5.74, 6) is 1.20. The zero-order valence-electron chi connectivity index (χ0n) is 17.3. The molecule has 0 saturated carbocycles. The molecule has 1 aliphatic rings. The fourth-order valence-corrected chi connectivity index (χ4v) is 3.63. The van der Waals surface area contributed by atoms with Gasteiger partial charge in [-0.15, -0.1) is 0 Å². The Hall–Kier alpha value is -3.51. The van der Waals surface area contributed by atoms with Crippen LogP contribution in [-0.2, 0) is 17.8 Å². The highest BCUT2D eigenvalue weighted by Gasteiger charge is 2.15. The molecule has 0 fully saturated rings. The van der Waals surface area contributed by atoms with Crippen molar-refractivity contribution in [2.75, 3.05) is 13.2 Å². The molecule has 3 aromatic rings. The summed E-state index contributed by atoms with van der Waals surface area (Å²) in [6, 6.07) is 18.6. The first-order chi connectivity index (χ1) is 15.0. The van der Waals surface area contributed by atoms with Gasteiger partial charge in [0.05, 0.1) is 0 Å². The number of nitrogens with two attached hydrogens (primary N) is 1. The van der Waals surface area contributed by atoms with Crippen LogP contribution in [0.3, 0.4) is 0 Å². The summed E-state index contributed by atoms with van der Waals surface area (Å²) >= 11 is 0. The Morgan fingerprint density at radius 2 is 1.84 bits per heavy atom. The van der Waals surface area contributed by atoms with Crippen LogP contribution < -0.4 is 19.9 Å². The Balaban J connectivity index is 1.50. The zero-order valence-corrected chi connectivity index (χ0v) is 17.3. The van der Waals surface area contributed by atoms with Crippen molar-refractivity contribution >= 4 is 5.97 Å². The molecule has 0 amide bonds. The molecular weight excluding hydrogens is 394 g/mol. The van der Waals surface area contributed by atoms with Gasteiger partial charge in [0.1, 0.15) is 31.6 Å². The van der Waals surface area contributed by atoms with Crippen molar-refractivity contribution in [1.29, 1.82) is 0 Å². The molecule has 6 heteroatoms. The molecule has 0 spiro atoms. The van der Waals surface area contributed by atoms with E-state index in [2.05, 4.69) is 13.0 Å². The van der Waals surface area contributed by atoms with Crippen LogP contribution in [0, 0.1) is 6.92 Å². The Morgan fingerprint density at radius 1 is 1.06 bits per heavy atom. The quantitative estimate of drug-likeness (QED) is 0.602. The highest BCUT2D eigenvalue weighted by Crippen LogP contribution is 2.36. The maximum absolute atomic E-state index is 11.0. The van der Waals surface area contributed by atoms with Crippen molar-refractivity contribution in [3.63, 3.8) is 0 Å². The third kappa shape index (κ3) is 4.81. The van der Waals surface area contributed by atoms with Crippen LogP contribution in [0.25, 0.3) is 11.1 Å². The summed E-state index contributed by atoms with van der Waals surface area (Å²) in [5, 5.41) is 9.01. The summed E-state index contributed by atoms with van der Waals surface area (Å²) < 4.78 is 17.3. The topological polar surface area (TPSA) is 91.0 Å². The molecule has 1 heterocycles. The van der Waals surface area contributed by atoms with E-state index in [-0.39, 0.29) is 6.42 Å². The van der Waals surface area contributed by atoms with E-state index in [0.717, 1.165) is 39.3 Å². The van der Waals surface area contributed by atoms with Gasteiger partial charge in [-0.05, 0) is 65.4 Å². The van der Waals surface area contributed by atoms with E-state index in [4.69, 9.17) is 25.1 Å². The van der Waals surface area contributed by atoms with E-state index in [1.54, 1.807) is 0 Å². The molecule has 0 unspecified atom stereocenters. The van der Waals surface area contributed by atoms with Crippen LogP contribution >= 0.6 is 0 Å². The first-order valence-electron chi connectivity index (χ1n) is 10.2. The highest BCUT2D eigenvalue weighted by atomic mass is 16.6. The van der Waals surface area contributed by atoms with Crippen molar-refractivity contribution in [3.8, 4) is 28.4 Å². The van der Waals surface area contributed by atoms with Crippen LogP contribution in [0.2, 0.25) is 0 Å². The Morgan fingerprint density at radius 3 is 2.65 bits per heavy atom. The van der Waals surface area contributed by atoms with Crippen LogP contribution in [0.4, 0.5) is 0 Å². The molecule has 0 bridgehead atoms. The number of fused-ring (bicyclic) bond motifs is 1. The predicted molar refractivity (Wildman–Crippen MR) is 118 cm³/mol. The third-order valence-corrected chi connectivity index (χ3v) is 5.36. The average Bonchev–Trinajstić information content (AvgIpc) is 2.78. The molecule has 0 aromatic heterocycles. The third-order valence-electron chi connectivity index (χ3n) is 5.36. The van der Waals surface area contributed by atoms with Gasteiger partial charge < -0.3 is 25.1 Å². The molecule has 0 aliphatic carbocycles.